The number of alkyl halides is 3. The fraction of sp³-hybridized carbons (Fsp3) is 0.407. The van der Waals surface area contributed by atoms with Crippen molar-refractivity contribution in [2.75, 3.05) is 19.5 Å². The normalized spacial score (nSPS) is 23.4. The van der Waals surface area contributed by atoms with Gasteiger partial charge in [-0.05, 0) is 25.5 Å². The summed E-state index contributed by atoms with van der Waals surface area (Å²) in [5, 5.41) is 2.96. The topological polar surface area (TPSA) is 65.5 Å². The maximum Gasteiger partial charge on any atom is 0.417 e. The van der Waals surface area contributed by atoms with Crippen LogP contribution in [0.5, 0.6) is 11.6 Å². The van der Waals surface area contributed by atoms with Crippen molar-refractivity contribution in [2.45, 2.75) is 51.2 Å². The zero-order chi connectivity index (χ0) is 27.8. The van der Waals surface area contributed by atoms with Crippen molar-refractivity contribution in [2.24, 2.45) is 5.92 Å². The van der Waals surface area contributed by atoms with Gasteiger partial charge >= 0.3 is 6.18 Å². The Balaban J connectivity index is 1.85. The highest BCUT2D eigenvalue weighted by Crippen LogP contribution is 2.59. The molecule has 1 N–H and O–H groups in total. The Hall–Kier alpha value is -3.47. The third-order valence-corrected chi connectivity index (χ3v) is 7.11. The van der Waals surface area contributed by atoms with E-state index >= 15 is 0 Å². The molecule has 11 heteroatoms. The third kappa shape index (κ3) is 4.75. The molecule has 0 spiro atoms. The molecule has 1 aliphatic rings. The monoisotopic (exact) mass is 537 g/mol. The quantitative estimate of drug-likeness (QED) is 0.347. The van der Waals surface area contributed by atoms with Gasteiger partial charge in [0, 0.05) is 24.4 Å². The summed E-state index contributed by atoms with van der Waals surface area (Å²) in [6.45, 7) is 4.08. The second kappa shape index (κ2) is 10.4. The Bertz CT molecular complexity index is 1310. The van der Waals surface area contributed by atoms with Crippen LogP contribution < -0.4 is 14.8 Å². The Morgan fingerprint density at radius 3 is 2.37 bits per heavy atom. The summed E-state index contributed by atoms with van der Waals surface area (Å²) in [5.41, 5.74) is -0.901. The number of benzene rings is 2. The highest BCUT2D eigenvalue weighted by atomic mass is 19.4. The minimum absolute atomic E-state index is 0.0163. The molecule has 0 amide bonds. The second-order valence-electron chi connectivity index (χ2n) is 9.31. The molecule has 1 aliphatic heterocycles. The van der Waals surface area contributed by atoms with Crippen molar-refractivity contribution in [1.29, 1.82) is 0 Å². The van der Waals surface area contributed by atoms with Crippen LogP contribution in [-0.2, 0) is 11.3 Å². The number of ether oxygens (including phenoxy) is 3. The molecule has 0 aliphatic carbocycles. The van der Waals surface area contributed by atoms with Crippen LogP contribution in [0.15, 0.2) is 42.5 Å². The lowest BCUT2D eigenvalue weighted by atomic mass is 9.77. The lowest BCUT2D eigenvalue weighted by Gasteiger charge is -2.32. The van der Waals surface area contributed by atoms with Gasteiger partial charge in [-0.25, -0.2) is 9.37 Å². The molecule has 0 radical (unpaired) electrons. The number of rotatable bonds is 7. The van der Waals surface area contributed by atoms with Crippen LogP contribution in [0.3, 0.4) is 0 Å². The standard InChI is InChI=1S/C27H28F5N3O3/c1-14-19(17-11-12-18(28)20(29)22(17)36-5)23(38-26(14,3)27(30,31)32)24-34-15(2)21(33-4)25(35-24)37-13-16-9-7-6-8-10-16/h6-12,14,19,23,33H,13H2,1-5H3/t14-,19-,23+,26+/m0/s1. The summed E-state index contributed by atoms with van der Waals surface area (Å²) in [5.74, 6) is -5.32. The van der Waals surface area contributed by atoms with Gasteiger partial charge in [0.2, 0.25) is 11.7 Å². The summed E-state index contributed by atoms with van der Waals surface area (Å²) in [4.78, 5) is 8.90. The van der Waals surface area contributed by atoms with Crippen LogP contribution in [0.25, 0.3) is 0 Å². The van der Waals surface area contributed by atoms with E-state index in [1.165, 1.54) is 13.0 Å². The summed E-state index contributed by atoms with van der Waals surface area (Å²) >= 11 is 0. The molecule has 4 rings (SSSR count). The molecule has 4 atom stereocenters. The number of aryl methyl sites for hydroxylation is 1. The van der Waals surface area contributed by atoms with E-state index in [0.717, 1.165) is 25.7 Å². The minimum Gasteiger partial charge on any atom is -0.493 e. The summed E-state index contributed by atoms with van der Waals surface area (Å²) in [6.07, 6.45) is -6.16. The number of halogens is 5. The van der Waals surface area contributed by atoms with Gasteiger partial charge in [0.05, 0.1) is 12.8 Å². The number of nitrogens with zero attached hydrogens (tertiary/aromatic N) is 2. The first-order valence-electron chi connectivity index (χ1n) is 11.9. The van der Waals surface area contributed by atoms with Crippen LogP contribution in [0.1, 0.15) is 48.5 Å². The summed E-state index contributed by atoms with van der Waals surface area (Å²) < 4.78 is 88.3. The number of nitrogens with one attached hydrogen (secondary N) is 1. The summed E-state index contributed by atoms with van der Waals surface area (Å²) in [7, 11) is 2.77. The van der Waals surface area contributed by atoms with Crippen LogP contribution in [0.4, 0.5) is 27.6 Å². The van der Waals surface area contributed by atoms with Crippen molar-refractivity contribution in [3.63, 3.8) is 0 Å². The van der Waals surface area contributed by atoms with Gasteiger partial charge in [-0.15, -0.1) is 0 Å². The molecule has 1 aromatic heterocycles. The fourth-order valence-corrected chi connectivity index (χ4v) is 4.85. The molecule has 0 saturated carbocycles. The van der Waals surface area contributed by atoms with Gasteiger partial charge < -0.3 is 19.5 Å². The number of methoxy groups -OCH3 is 1. The first kappa shape index (κ1) is 27.6. The van der Waals surface area contributed by atoms with Gasteiger partial charge in [0.25, 0.3) is 0 Å². The number of aromatic nitrogens is 2. The Labute approximate surface area is 217 Å². The molecular formula is C27H28F5N3O3. The van der Waals surface area contributed by atoms with Crippen molar-refractivity contribution < 1.29 is 36.2 Å². The lowest BCUT2D eigenvalue weighted by Crippen LogP contribution is -2.46. The molecule has 1 fully saturated rings. The largest absolute Gasteiger partial charge is 0.493 e. The molecule has 2 heterocycles. The Kier molecular flexibility index (Phi) is 7.51. The maximum absolute atomic E-state index is 14.7. The van der Waals surface area contributed by atoms with E-state index in [1.807, 2.05) is 30.3 Å². The average Bonchev–Trinajstić information content (AvgIpc) is 3.16. The Morgan fingerprint density at radius 2 is 1.76 bits per heavy atom. The molecule has 6 nitrogen and oxygen atoms in total. The lowest BCUT2D eigenvalue weighted by molar-refractivity contribution is -0.275. The van der Waals surface area contributed by atoms with Gasteiger partial charge in [0.1, 0.15) is 18.4 Å². The van der Waals surface area contributed by atoms with E-state index in [0.29, 0.717) is 11.4 Å². The van der Waals surface area contributed by atoms with Crippen LogP contribution in [0, 0.1) is 24.5 Å². The molecule has 2 aromatic carbocycles. The number of anilines is 1. The van der Waals surface area contributed by atoms with Crippen molar-refractivity contribution in [1.82, 2.24) is 9.97 Å². The molecule has 204 valence electrons. The fourth-order valence-electron chi connectivity index (χ4n) is 4.85. The molecule has 1 saturated heterocycles. The van der Waals surface area contributed by atoms with E-state index < -0.39 is 47.1 Å². The van der Waals surface area contributed by atoms with Gasteiger partial charge in [-0.2, -0.15) is 22.5 Å². The maximum atomic E-state index is 14.7. The third-order valence-electron chi connectivity index (χ3n) is 7.11. The van der Waals surface area contributed by atoms with Crippen LogP contribution in [0.2, 0.25) is 0 Å². The zero-order valence-corrected chi connectivity index (χ0v) is 21.5. The van der Waals surface area contributed by atoms with Crippen molar-refractivity contribution in [3.8, 4) is 11.6 Å². The average molecular weight is 538 g/mol. The van der Waals surface area contributed by atoms with Crippen molar-refractivity contribution >= 4 is 5.69 Å². The first-order valence-corrected chi connectivity index (χ1v) is 11.9. The van der Waals surface area contributed by atoms with E-state index in [4.69, 9.17) is 14.2 Å². The van der Waals surface area contributed by atoms with E-state index in [9.17, 15) is 22.0 Å². The molecule has 3 aromatic rings. The highest BCUT2D eigenvalue weighted by molar-refractivity contribution is 5.56. The Morgan fingerprint density at radius 1 is 1.08 bits per heavy atom. The minimum atomic E-state index is -4.78. The second-order valence-corrected chi connectivity index (χ2v) is 9.31. The van der Waals surface area contributed by atoms with Gasteiger partial charge in [-0.1, -0.05) is 43.3 Å². The predicted molar refractivity (Wildman–Crippen MR) is 130 cm³/mol. The van der Waals surface area contributed by atoms with E-state index in [-0.39, 0.29) is 23.9 Å². The van der Waals surface area contributed by atoms with Crippen LogP contribution >= 0.6 is 0 Å². The van der Waals surface area contributed by atoms with Crippen LogP contribution in [-0.4, -0.2) is 35.9 Å². The van der Waals surface area contributed by atoms with Crippen molar-refractivity contribution in [3.05, 3.63) is 76.7 Å². The number of hydrogen-bond acceptors (Lipinski definition) is 6. The zero-order valence-electron chi connectivity index (χ0n) is 21.5. The van der Waals surface area contributed by atoms with E-state index in [1.54, 1.807) is 14.0 Å². The molecule has 0 bridgehead atoms. The highest BCUT2D eigenvalue weighted by Gasteiger charge is 2.65. The number of hydrogen-bond donors (Lipinski definition) is 1. The predicted octanol–water partition coefficient (Wildman–Crippen LogP) is 6.50. The SMILES string of the molecule is CNc1c(C)nc([C@@H]2O[C@@](C)(C(F)(F)F)[C@@H](C)[C@H]2c2ccc(F)c(F)c2OC)nc1OCc1ccccc1. The van der Waals surface area contributed by atoms with E-state index in [2.05, 4.69) is 15.3 Å². The molecule has 0 unspecified atom stereocenters. The smallest absolute Gasteiger partial charge is 0.417 e. The molecule has 38 heavy (non-hydrogen) atoms. The summed E-state index contributed by atoms with van der Waals surface area (Å²) in [6, 6.07) is 11.3. The molecular weight excluding hydrogens is 509 g/mol. The van der Waals surface area contributed by atoms with Gasteiger partial charge in [0.15, 0.2) is 23.0 Å². The first-order chi connectivity index (χ1) is 17.9. The van der Waals surface area contributed by atoms with Gasteiger partial charge in [-0.3, -0.25) is 0 Å².